The molecule has 3 aromatic rings. The lowest BCUT2D eigenvalue weighted by molar-refractivity contribution is 0.267. The van der Waals surface area contributed by atoms with Gasteiger partial charge in [-0.3, -0.25) is 5.10 Å². The molecule has 0 amide bonds. The molecule has 2 aromatic carbocycles. The molecule has 8 nitrogen and oxygen atoms in total. The van der Waals surface area contributed by atoms with Crippen LogP contribution in [0.15, 0.2) is 47.9 Å². The Morgan fingerprint density at radius 3 is 2.73 bits per heavy atom. The van der Waals surface area contributed by atoms with E-state index in [1.54, 1.807) is 6.07 Å². The van der Waals surface area contributed by atoms with E-state index in [9.17, 15) is 10.5 Å². The van der Waals surface area contributed by atoms with Crippen molar-refractivity contribution in [3.05, 3.63) is 79.4 Å². The highest BCUT2D eigenvalue weighted by molar-refractivity contribution is 14.1. The van der Waals surface area contributed by atoms with E-state index in [1.165, 1.54) is 0 Å². The Bertz CT molecular complexity index is 1330. The molecular formula is C24H20IN5O3. The maximum absolute atomic E-state index is 9.82. The monoisotopic (exact) mass is 553 g/mol. The number of hydrogen-bond donors (Lipinski definition) is 2. The van der Waals surface area contributed by atoms with Crippen LogP contribution >= 0.6 is 22.6 Å². The SMILES string of the molecule is CCOc1cc([C@@H]2C(C#N)=C(N)Oc3n[nH]c(C)c32)cc(I)c1OCc1ccccc1C#N. The molecule has 0 radical (unpaired) electrons. The van der Waals surface area contributed by atoms with E-state index < -0.39 is 5.92 Å². The fourth-order valence-electron chi connectivity index (χ4n) is 3.79. The number of aromatic amines is 1. The summed E-state index contributed by atoms with van der Waals surface area (Å²) in [5, 5.41) is 26.3. The Balaban J connectivity index is 1.77. The van der Waals surface area contributed by atoms with Crippen LogP contribution < -0.4 is 19.9 Å². The second-order valence-electron chi connectivity index (χ2n) is 7.31. The van der Waals surface area contributed by atoms with Gasteiger partial charge < -0.3 is 19.9 Å². The summed E-state index contributed by atoms with van der Waals surface area (Å²) in [6.45, 7) is 4.41. The molecule has 0 bridgehead atoms. The molecule has 0 unspecified atom stereocenters. The predicted molar refractivity (Wildman–Crippen MR) is 128 cm³/mol. The molecule has 0 spiro atoms. The number of ether oxygens (including phenoxy) is 3. The summed E-state index contributed by atoms with van der Waals surface area (Å²) in [6, 6.07) is 15.5. The average Bonchev–Trinajstić information content (AvgIpc) is 3.17. The van der Waals surface area contributed by atoms with Gasteiger partial charge in [-0.25, -0.2) is 0 Å². The Kier molecular flexibility index (Phi) is 6.43. The summed E-state index contributed by atoms with van der Waals surface area (Å²) in [5.74, 6) is 1.04. The summed E-state index contributed by atoms with van der Waals surface area (Å²) in [7, 11) is 0. The minimum atomic E-state index is -0.460. The molecule has 0 aliphatic carbocycles. The van der Waals surface area contributed by atoms with Gasteiger partial charge >= 0.3 is 0 Å². The van der Waals surface area contributed by atoms with Crippen molar-refractivity contribution in [1.29, 1.82) is 10.5 Å². The molecule has 9 heteroatoms. The van der Waals surface area contributed by atoms with Gasteiger partial charge in [0.2, 0.25) is 11.8 Å². The molecule has 1 aromatic heterocycles. The summed E-state index contributed by atoms with van der Waals surface area (Å²) >= 11 is 2.18. The van der Waals surface area contributed by atoms with Crippen LogP contribution in [0, 0.1) is 33.2 Å². The lowest BCUT2D eigenvalue weighted by Gasteiger charge is -2.25. The molecule has 4 rings (SSSR count). The molecule has 33 heavy (non-hydrogen) atoms. The lowest BCUT2D eigenvalue weighted by atomic mass is 9.84. The van der Waals surface area contributed by atoms with Gasteiger partial charge in [0.1, 0.15) is 18.2 Å². The first-order valence-corrected chi connectivity index (χ1v) is 11.3. The van der Waals surface area contributed by atoms with Crippen LogP contribution in [-0.4, -0.2) is 16.8 Å². The standard InChI is InChI=1S/C24H20IN5O3/c1-3-31-19-9-16(21-17(11-27)23(28)33-24-20(21)13(2)29-30-24)8-18(25)22(19)32-12-15-7-5-4-6-14(15)10-26/h4-9,21H,3,12,28H2,1-2H3,(H,29,30)/t21-/m1/s1. The lowest BCUT2D eigenvalue weighted by Crippen LogP contribution is -2.21. The number of allylic oxidation sites excluding steroid dienone is 1. The van der Waals surface area contributed by atoms with E-state index in [1.807, 2.05) is 44.2 Å². The van der Waals surface area contributed by atoms with Gasteiger partial charge in [-0.2, -0.15) is 10.5 Å². The van der Waals surface area contributed by atoms with Crippen molar-refractivity contribution >= 4 is 22.6 Å². The fraction of sp³-hybridized carbons (Fsp3) is 0.208. The highest BCUT2D eigenvalue weighted by Crippen LogP contribution is 2.46. The second kappa shape index (κ2) is 9.43. The van der Waals surface area contributed by atoms with Gasteiger partial charge in [-0.15, -0.1) is 5.10 Å². The first kappa shape index (κ1) is 22.5. The van der Waals surface area contributed by atoms with Crippen molar-refractivity contribution in [3.63, 3.8) is 0 Å². The number of halogens is 1. The van der Waals surface area contributed by atoms with Gasteiger partial charge in [0.15, 0.2) is 11.5 Å². The minimum Gasteiger partial charge on any atom is -0.490 e. The van der Waals surface area contributed by atoms with Gasteiger partial charge in [0.25, 0.3) is 0 Å². The summed E-state index contributed by atoms with van der Waals surface area (Å²) in [6.07, 6.45) is 0. The van der Waals surface area contributed by atoms with Crippen molar-refractivity contribution in [1.82, 2.24) is 10.2 Å². The van der Waals surface area contributed by atoms with Crippen LogP contribution in [0.3, 0.4) is 0 Å². The summed E-state index contributed by atoms with van der Waals surface area (Å²) in [5.41, 5.74) is 10.1. The van der Waals surface area contributed by atoms with Crippen LogP contribution in [0.4, 0.5) is 0 Å². The number of aromatic nitrogens is 2. The number of nitrogens with one attached hydrogen (secondary N) is 1. The van der Waals surface area contributed by atoms with Crippen LogP contribution in [0.2, 0.25) is 0 Å². The molecule has 1 aliphatic rings. The smallest absolute Gasteiger partial charge is 0.244 e. The van der Waals surface area contributed by atoms with Crippen LogP contribution in [-0.2, 0) is 6.61 Å². The molecule has 0 saturated heterocycles. The zero-order valence-corrected chi connectivity index (χ0v) is 20.1. The average molecular weight is 553 g/mol. The number of rotatable bonds is 6. The van der Waals surface area contributed by atoms with E-state index in [-0.39, 0.29) is 12.5 Å². The number of fused-ring (bicyclic) bond motifs is 1. The van der Waals surface area contributed by atoms with Crippen LogP contribution in [0.25, 0.3) is 0 Å². The van der Waals surface area contributed by atoms with Crippen molar-refractivity contribution < 1.29 is 14.2 Å². The van der Waals surface area contributed by atoms with Crippen molar-refractivity contribution in [2.24, 2.45) is 5.73 Å². The van der Waals surface area contributed by atoms with E-state index in [0.717, 1.165) is 26.0 Å². The van der Waals surface area contributed by atoms with Gasteiger partial charge in [-0.1, -0.05) is 18.2 Å². The topological polar surface area (TPSA) is 130 Å². The third-order valence-electron chi connectivity index (χ3n) is 5.30. The zero-order chi connectivity index (χ0) is 23.5. The largest absolute Gasteiger partial charge is 0.490 e. The molecular weight excluding hydrogens is 533 g/mol. The highest BCUT2D eigenvalue weighted by Gasteiger charge is 2.35. The van der Waals surface area contributed by atoms with Crippen LogP contribution in [0.1, 0.15) is 40.8 Å². The normalized spacial score (nSPS) is 14.6. The Morgan fingerprint density at radius 2 is 2.00 bits per heavy atom. The third-order valence-corrected chi connectivity index (χ3v) is 6.11. The first-order chi connectivity index (χ1) is 16.0. The Hall–Kier alpha value is -3.70. The van der Waals surface area contributed by atoms with E-state index in [2.05, 4.69) is 44.9 Å². The molecule has 166 valence electrons. The predicted octanol–water partition coefficient (Wildman–Crippen LogP) is 4.39. The number of H-pyrrole nitrogens is 1. The molecule has 2 heterocycles. The van der Waals surface area contributed by atoms with E-state index >= 15 is 0 Å². The van der Waals surface area contributed by atoms with Gasteiger partial charge in [-0.05, 0) is 60.2 Å². The number of benzene rings is 2. The van der Waals surface area contributed by atoms with Gasteiger partial charge in [0, 0.05) is 16.8 Å². The number of hydrogen-bond acceptors (Lipinski definition) is 7. The fourth-order valence-corrected chi connectivity index (χ4v) is 4.58. The van der Waals surface area contributed by atoms with E-state index in [4.69, 9.17) is 19.9 Å². The summed E-state index contributed by atoms with van der Waals surface area (Å²) in [4.78, 5) is 0. The quantitative estimate of drug-likeness (QED) is 0.433. The maximum atomic E-state index is 9.82. The summed E-state index contributed by atoms with van der Waals surface area (Å²) < 4.78 is 18.4. The number of aryl methyl sites for hydroxylation is 1. The Labute approximate surface area is 204 Å². The molecule has 1 aliphatic heterocycles. The second-order valence-corrected chi connectivity index (χ2v) is 8.48. The van der Waals surface area contributed by atoms with Crippen molar-refractivity contribution in [3.8, 4) is 29.5 Å². The molecule has 1 atom stereocenters. The van der Waals surface area contributed by atoms with Crippen molar-refractivity contribution in [2.45, 2.75) is 26.4 Å². The molecule has 3 N–H and O–H groups in total. The minimum absolute atomic E-state index is 0.0305. The Morgan fingerprint density at radius 1 is 1.21 bits per heavy atom. The zero-order valence-electron chi connectivity index (χ0n) is 18.0. The first-order valence-electron chi connectivity index (χ1n) is 10.2. The number of nitriles is 2. The molecule has 0 fully saturated rings. The van der Waals surface area contributed by atoms with Crippen molar-refractivity contribution in [2.75, 3.05) is 6.61 Å². The highest BCUT2D eigenvalue weighted by atomic mass is 127. The van der Waals surface area contributed by atoms with Crippen LogP contribution in [0.5, 0.6) is 17.4 Å². The maximum Gasteiger partial charge on any atom is 0.244 e. The number of nitrogens with two attached hydrogens (primary N) is 1. The molecule has 0 saturated carbocycles. The number of nitrogens with zero attached hydrogens (tertiary/aromatic N) is 3. The van der Waals surface area contributed by atoms with E-state index in [0.29, 0.717) is 35.1 Å². The third kappa shape index (κ3) is 4.20. The van der Waals surface area contributed by atoms with Gasteiger partial charge in [0.05, 0.1) is 27.7 Å².